The molecule has 0 spiro atoms. The number of anilines is 1. The normalized spacial score (nSPS) is 12.9. The minimum atomic E-state index is 0.0306. The Balaban J connectivity index is 2.81. The molecule has 1 aromatic heterocycles. The number of nitrogens with two attached hydrogens (primary N) is 1. The highest BCUT2D eigenvalue weighted by atomic mass is 16.3. The van der Waals surface area contributed by atoms with Gasteiger partial charge in [0, 0.05) is 5.92 Å². The van der Waals surface area contributed by atoms with Gasteiger partial charge in [0.05, 0.1) is 24.7 Å². The van der Waals surface area contributed by atoms with Crippen LogP contribution in [-0.2, 0) is 0 Å². The maximum absolute atomic E-state index is 8.76. The first kappa shape index (κ1) is 7.94. The van der Waals surface area contributed by atoms with E-state index in [0.717, 1.165) is 5.69 Å². The van der Waals surface area contributed by atoms with E-state index in [1.54, 1.807) is 6.20 Å². The van der Waals surface area contributed by atoms with Crippen LogP contribution >= 0.6 is 0 Å². The van der Waals surface area contributed by atoms with Crippen molar-refractivity contribution in [3.05, 3.63) is 18.1 Å². The third-order valence-electron chi connectivity index (χ3n) is 1.47. The monoisotopic (exact) mass is 153 g/mol. The number of hydrogen-bond acceptors (Lipinski definition) is 4. The molecule has 60 valence electrons. The first-order valence-electron chi connectivity index (χ1n) is 3.42. The van der Waals surface area contributed by atoms with Crippen molar-refractivity contribution < 1.29 is 5.11 Å². The Morgan fingerprint density at radius 2 is 2.27 bits per heavy atom. The van der Waals surface area contributed by atoms with Crippen LogP contribution in [0.15, 0.2) is 12.4 Å². The standard InChI is InChI=1S/C7H11N3O/c1-5(4-11)6-2-10-7(8)3-9-6/h2-3,5,11H,4H2,1H3,(H2,8,10)/t5-/m1/s1. The van der Waals surface area contributed by atoms with E-state index in [1.807, 2.05) is 6.92 Å². The molecule has 0 fully saturated rings. The zero-order valence-corrected chi connectivity index (χ0v) is 6.36. The highest BCUT2D eigenvalue weighted by Crippen LogP contribution is 2.09. The van der Waals surface area contributed by atoms with E-state index in [2.05, 4.69) is 9.97 Å². The van der Waals surface area contributed by atoms with E-state index in [1.165, 1.54) is 6.20 Å². The maximum atomic E-state index is 8.76. The van der Waals surface area contributed by atoms with Gasteiger partial charge in [-0.3, -0.25) is 4.98 Å². The lowest BCUT2D eigenvalue weighted by Gasteiger charge is -2.05. The molecule has 4 heteroatoms. The highest BCUT2D eigenvalue weighted by Gasteiger charge is 2.04. The molecule has 1 rings (SSSR count). The van der Waals surface area contributed by atoms with Gasteiger partial charge in [0.15, 0.2) is 0 Å². The average molecular weight is 153 g/mol. The van der Waals surface area contributed by atoms with Crippen LogP contribution in [0.5, 0.6) is 0 Å². The summed E-state index contributed by atoms with van der Waals surface area (Å²) in [7, 11) is 0. The lowest BCUT2D eigenvalue weighted by atomic mass is 10.1. The third kappa shape index (κ3) is 1.88. The molecule has 1 atom stereocenters. The van der Waals surface area contributed by atoms with E-state index >= 15 is 0 Å². The SMILES string of the molecule is C[C@H](CO)c1cnc(N)cn1. The molecule has 0 amide bonds. The quantitative estimate of drug-likeness (QED) is 0.634. The van der Waals surface area contributed by atoms with Crippen LogP contribution in [0, 0.1) is 0 Å². The van der Waals surface area contributed by atoms with Gasteiger partial charge in [0.1, 0.15) is 5.82 Å². The van der Waals surface area contributed by atoms with Crippen molar-refractivity contribution in [2.24, 2.45) is 0 Å². The Bertz CT molecular complexity index is 222. The van der Waals surface area contributed by atoms with E-state index in [0.29, 0.717) is 5.82 Å². The molecule has 3 N–H and O–H groups in total. The zero-order chi connectivity index (χ0) is 8.27. The van der Waals surface area contributed by atoms with Gasteiger partial charge in [-0.25, -0.2) is 4.98 Å². The number of hydrogen-bond donors (Lipinski definition) is 2. The minimum Gasteiger partial charge on any atom is -0.396 e. The molecule has 0 aliphatic carbocycles. The molecule has 4 nitrogen and oxygen atoms in total. The molecule has 11 heavy (non-hydrogen) atoms. The van der Waals surface area contributed by atoms with Crippen molar-refractivity contribution in [3.63, 3.8) is 0 Å². The van der Waals surface area contributed by atoms with E-state index in [-0.39, 0.29) is 12.5 Å². The predicted molar refractivity (Wildman–Crippen MR) is 41.9 cm³/mol. The van der Waals surface area contributed by atoms with Crippen molar-refractivity contribution in [3.8, 4) is 0 Å². The van der Waals surface area contributed by atoms with Gasteiger partial charge in [-0.05, 0) is 0 Å². The number of nitrogen functional groups attached to an aromatic ring is 1. The van der Waals surface area contributed by atoms with Crippen molar-refractivity contribution in [2.45, 2.75) is 12.8 Å². The Kier molecular flexibility index (Phi) is 2.38. The summed E-state index contributed by atoms with van der Waals surface area (Å²) in [4.78, 5) is 7.85. The van der Waals surface area contributed by atoms with E-state index in [4.69, 9.17) is 10.8 Å². The molecule has 1 aromatic rings. The van der Waals surface area contributed by atoms with Crippen LogP contribution in [0.2, 0.25) is 0 Å². The Hall–Kier alpha value is -1.16. The summed E-state index contributed by atoms with van der Waals surface area (Å²) in [5.74, 6) is 0.432. The summed E-state index contributed by atoms with van der Waals surface area (Å²) in [6.07, 6.45) is 3.07. The molecule has 0 radical (unpaired) electrons. The summed E-state index contributed by atoms with van der Waals surface area (Å²) in [5.41, 5.74) is 6.10. The number of nitrogens with zero attached hydrogens (tertiary/aromatic N) is 2. The third-order valence-corrected chi connectivity index (χ3v) is 1.47. The molecule has 0 bridgehead atoms. The number of aromatic nitrogens is 2. The molecule has 0 saturated carbocycles. The van der Waals surface area contributed by atoms with Crippen molar-refractivity contribution in [1.29, 1.82) is 0 Å². The fraction of sp³-hybridized carbons (Fsp3) is 0.429. The lowest BCUT2D eigenvalue weighted by molar-refractivity contribution is 0.271. The number of aliphatic hydroxyl groups excluding tert-OH is 1. The van der Waals surface area contributed by atoms with Crippen molar-refractivity contribution in [1.82, 2.24) is 9.97 Å². The van der Waals surface area contributed by atoms with Crippen LogP contribution in [0.3, 0.4) is 0 Å². The van der Waals surface area contributed by atoms with Gasteiger partial charge in [-0.15, -0.1) is 0 Å². The molecule has 0 aromatic carbocycles. The number of aliphatic hydroxyl groups is 1. The molecule has 0 unspecified atom stereocenters. The van der Waals surface area contributed by atoms with Gasteiger partial charge < -0.3 is 10.8 Å². The van der Waals surface area contributed by atoms with Gasteiger partial charge in [-0.2, -0.15) is 0 Å². The molecule has 0 saturated heterocycles. The highest BCUT2D eigenvalue weighted by molar-refractivity contribution is 5.23. The largest absolute Gasteiger partial charge is 0.396 e. The van der Waals surface area contributed by atoms with Gasteiger partial charge >= 0.3 is 0 Å². The molecular formula is C7H11N3O. The van der Waals surface area contributed by atoms with E-state index in [9.17, 15) is 0 Å². The van der Waals surface area contributed by atoms with Crippen molar-refractivity contribution >= 4 is 5.82 Å². The fourth-order valence-corrected chi connectivity index (χ4v) is 0.696. The first-order valence-corrected chi connectivity index (χ1v) is 3.42. The lowest BCUT2D eigenvalue weighted by Crippen LogP contribution is -2.03. The fourth-order valence-electron chi connectivity index (χ4n) is 0.696. The van der Waals surface area contributed by atoms with Crippen molar-refractivity contribution in [2.75, 3.05) is 12.3 Å². The summed E-state index contributed by atoms with van der Waals surface area (Å²) in [6, 6.07) is 0. The van der Waals surface area contributed by atoms with Crippen LogP contribution in [-0.4, -0.2) is 21.7 Å². The Labute approximate surface area is 65.1 Å². The van der Waals surface area contributed by atoms with Gasteiger partial charge in [0.2, 0.25) is 0 Å². The summed E-state index contributed by atoms with van der Waals surface area (Å²) in [5, 5.41) is 8.76. The minimum absolute atomic E-state index is 0.0306. The first-order chi connectivity index (χ1) is 5.24. The average Bonchev–Trinajstić information content (AvgIpc) is 2.05. The Morgan fingerprint density at radius 1 is 1.55 bits per heavy atom. The topological polar surface area (TPSA) is 72.0 Å². The molecule has 1 heterocycles. The zero-order valence-electron chi connectivity index (χ0n) is 6.36. The molecule has 0 aliphatic heterocycles. The van der Waals surface area contributed by atoms with Crippen LogP contribution < -0.4 is 5.73 Å². The second-order valence-corrected chi connectivity index (χ2v) is 2.45. The predicted octanol–water partition coefficient (Wildman–Crippen LogP) is 0.155. The van der Waals surface area contributed by atoms with Gasteiger partial charge in [0.25, 0.3) is 0 Å². The Morgan fingerprint density at radius 3 is 2.73 bits per heavy atom. The van der Waals surface area contributed by atoms with Crippen LogP contribution in [0.4, 0.5) is 5.82 Å². The molecule has 0 aliphatic rings. The van der Waals surface area contributed by atoms with Crippen LogP contribution in [0.1, 0.15) is 18.5 Å². The smallest absolute Gasteiger partial charge is 0.141 e. The van der Waals surface area contributed by atoms with E-state index < -0.39 is 0 Å². The summed E-state index contributed by atoms with van der Waals surface area (Å²) < 4.78 is 0. The second kappa shape index (κ2) is 3.30. The van der Waals surface area contributed by atoms with Gasteiger partial charge in [-0.1, -0.05) is 6.92 Å². The summed E-state index contributed by atoms with van der Waals surface area (Å²) in [6.45, 7) is 1.96. The number of rotatable bonds is 2. The second-order valence-electron chi connectivity index (χ2n) is 2.45. The van der Waals surface area contributed by atoms with Crippen LogP contribution in [0.25, 0.3) is 0 Å². The summed E-state index contributed by atoms with van der Waals surface area (Å²) >= 11 is 0. The maximum Gasteiger partial charge on any atom is 0.141 e. The molecular weight excluding hydrogens is 142 g/mol.